The lowest BCUT2D eigenvalue weighted by atomic mass is 9.74. The van der Waals surface area contributed by atoms with E-state index < -0.39 is 0 Å². The Morgan fingerprint density at radius 2 is 0.786 bits per heavy atom. The molecule has 0 aliphatic carbocycles. The average Bonchev–Trinajstić information content (AvgIpc) is 3.66. The second kappa shape index (κ2) is 9.69. The van der Waals surface area contributed by atoms with Gasteiger partial charge in [0.1, 0.15) is 36.3 Å². The van der Waals surface area contributed by atoms with Crippen molar-refractivity contribution >= 4 is 22.3 Å². The van der Waals surface area contributed by atoms with E-state index in [0.717, 1.165) is 22.4 Å². The van der Waals surface area contributed by atoms with Gasteiger partial charge in [0.2, 0.25) is 0 Å². The van der Waals surface area contributed by atoms with Crippen LogP contribution in [0.3, 0.4) is 0 Å². The summed E-state index contributed by atoms with van der Waals surface area (Å²) in [6.07, 6.45) is 10.2. The highest BCUT2D eigenvalue weighted by molar-refractivity contribution is 5.72. The second-order valence-corrected chi connectivity index (χ2v) is 11.6. The summed E-state index contributed by atoms with van der Waals surface area (Å²) in [6, 6.07) is 26.3. The maximum absolute atomic E-state index is 4.39. The Morgan fingerprint density at radius 3 is 1.14 bits per heavy atom. The van der Waals surface area contributed by atoms with Gasteiger partial charge in [-0.2, -0.15) is 0 Å². The first-order chi connectivity index (χ1) is 20.3. The van der Waals surface area contributed by atoms with Crippen molar-refractivity contribution in [3.8, 4) is 11.4 Å². The number of hydrogen-bond donors (Lipinski definition) is 0. The predicted octanol–water partition coefficient (Wildman–Crippen LogP) is 6.60. The van der Waals surface area contributed by atoms with Crippen molar-refractivity contribution in [1.82, 2.24) is 39.0 Å². The van der Waals surface area contributed by atoms with E-state index >= 15 is 0 Å². The molecule has 0 spiro atoms. The highest BCUT2D eigenvalue weighted by Crippen LogP contribution is 2.36. The van der Waals surface area contributed by atoms with Crippen LogP contribution in [0.2, 0.25) is 0 Å². The lowest BCUT2D eigenvalue weighted by Crippen LogP contribution is -2.21. The Balaban J connectivity index is 1.12. The third kappa shape index (κ3) is 4.23. The van der Waals surface area contributed by atoms with Crippen LogP contribution in [0.25, 0.3) is 33.7 Å². The van der Waals surface area contributed by atoms with Crippen LogP contribution in [-0.4, -0.2) is 39.0 Å². The Kier molecular flexibility index (Phi) is 5.93. The van der Waals surface area contributed by atoms with E-state index in [-0.39, 0.29) is 10.8 Å². The molecule has 0 bridgehead atoms. The zero-order valence-corrected chi connectivity index (χ0v) is 24.0. The highest BCUT2D eigenvalue weighted by atomic mass is 15.1. The quantitative estimate of drug-likeness (QED) is 0.232. The lowest BCUT2D eigenvalue weighted by Gasteiger charge is -2.30. The third-order valence-corrected chi connectivity index (χ3v) is 8.52. The van der Waals surface area contributed by atoms with Gasteiger partial charge < -0.3 is 0 Å². The summed E-state index contributed by atoms with van der Waals surface area (Å²) in [5, 5.41) is 0. The molecule has 8 nitrogen and oxygen atoms in total. The molecule has 0 saturated heterocycles. The summed E-state index contributed by atoms with van der Waals surface area (Å²) < 4.78 is 4.03. The minimum absolute atomic E-state index is 0.166. The molecule has 0 aliphatic heterocycles. The maximum Gasteiger partial charge on any atom is 0.181 e. The summed E-state index contributed by atoms with van der Waals surface area (Å²) in [5.74, 6) is 0. The molecule has 0 atom stereocenters. The minimum Gasteiger partial charge on any atom is -0.296 e. The smallest absolute Gasteiger partial charge is 0.181 e. The molecule has 0 radical (unpaired) electrons. The fraction of sp³-hybridized carbons (Fsp3) is 0.176. The van der Waals surface area contributed by atoms with Gasteiger partial charge in [-0.15, -0.1) is 0 Å². The molecule has 4 heterocycles. The van der Waals surface area contributed by atoms with Gasteiger partial charge in [-0.05, 0) is 46.5 Å². The fourth-order valence-electron chi connectivity index (χ4n) is 5.65. The molecule has 206 valence electrons. The van der Waals surface area contributed by atoms with E-state index in [1.54, 1.807) is 25.0 Å². The van der Waals surface area contributed by atoms with Gasteiger partial charge in [-0.25, -0.2) is 29.9 Å². The normalized spacial score (nSPS) is 12.3. The Labute approximate surface area is 243 Å². The molecule has 0 aliphatic rings. The van der Waals surface area contributed by atoms with Crippen molar-refractivity contribution in [3.63, 3.8) is 0 Å². The first-order valence-corrected chi connectivity index (χ1v) is 13.9. The van der Waals surface area contributed by atoms with Gasteiger partial charge in [0.15, 0.2) is 11.3 Å². The number of nitrogens with zero attached hydrogens (tertiary/aromatic N) is 8. The number of benzene rings is 3. The van der Waals surface area contributed by atoms with Crippen LogP contribution in [0.15, 0.2) is 110 Å². The minimum atomic E-state index is -0.166. The van der Waals surface area contributed by atoms with E-state index in [1.807, 2.05) is 9.13 Å². The van der Waals surface area contributed by atoms with Crippen LogP contribution in [0.1, 0.15) is 49.9 Å². The first kappa shape index (κ1) is 25.7. The van der Waals surface area contributed by atoms with E-state index in [2.05, 4.69) is 130 Å². The van der Waals surface area contributed by atoms with Crippen LogP contribution >= 0.6 is 0 Å². The summed E-state index contributed by atoms with van der Waals surface area (Å²) in [5.41, 5.74) is 9.91. The molecule has 7 rings (SSSR count). The van der Waals surface area contributed by atoms with Gasteiger partial charge in [-0.3, -0.25) is 9.13 Å². The molecule has 8 heteroatoms. The molecular formula is C34H30N8. The predicted molar refractivity (Wildman–Crippen MR) is 164 cm³/mol. The molecular weight excluding hydrogens is 520 g/mol. The molecule has 0 fully saturated rings. The average molecular weight is 551 g/mol. The Morgan fingerprint density at radius 1 is 0.452 bits per heavy atom. The molecule has 0 amide bonds. The highest BCUT2D eigenvalue weighted by Gasteiger charge is 2.27. The zero-order valence-electron chi connectivity index (χ0n) is 24.0. The number of imidazole rings is 2. The summed E-state index contributed by atoms with van der Waals surface area (Å²) >= 11 is 0. The number of aromatic nitrogens is 8. The topological polar surface area (TPSA) is 87.2 Å². The third-order valence-electron chi connectivity index (χ3n) is 8.52. The first-order valence-electron chi connectivity index (χ1n) is 13.9. The maximum atomic E-state index is 4.39. The van der Waals surface area contributed by atoms with E-state index in [0.29, 0.717) is 11.3 Å². The van der Waals surface area contributed by atoms with Crippen LogP contribution < -0.4 is 0 Å². The SMILES string of the molecule is CC(C)(c1ccc(-n2cnc3ncncc32)cc1)c1ccc(C(C)(C)c2ccc(-n3cnc4ncncc43)cc2)cc1. The molecule has 3 aromatic carbocycles. The van der Waals surface area contributed by atoms with Gasteiger partial charge in [0.25, 0.3) is 0 Å². The molecule has 4 aromatic heterocycles. The van der Waals surface area contributed by atoms with Gasteiger partial charge >= 0.3 is 0 Å². The lowest BCUT2D eigenvalue weighted by molar-refractivity contribution is 0.626. The second-order valence-electron chi connectivity index (χ2n) is 11.6. The largest absolute Gasteiger partial charge is 0.296 e. The number of fused-ring (bicyclic) bond motifs is 2. The van der Waals surface area contributed by atoms with Crippen molar-refractivity contribution in [2.45, 2.75) is 38.5 Å². The monoisotopic (exact) mass is 550 g/mol. The molecule has 0 N–H and O–H groups in total. The number of rotatable bonds is 6. The van der Waals surface area contributed by atoms with Gasteiger partial charge in [0.05, 0.1) is 12.4 Å². The summed E-state index contributed by atoms with van der Waals surface area (Å²) in [4.78, 5) is 25.6. The van der Waals surface area contributed by atoms with Crippen LogP contribution in [-0.2, 0) is 10.8 Å². The number of hydrogen-bond acceptors (Lipinski definition) is 6. The van der Waals surface area contributed by atoms with E-state index in [9.17, 15) is 0 Å². The van der Waals surface area contributed by atoms with Gasteiger partial charge in [0, 0.05) is 22.2 Å². The van der Waals surface area contributed by atoms with Crippen molar-refractivity contribution < 1.29 is 0 Å². The van der Waals surface area contributed by atoms with Crippen molar-refractivity contribution in [2.24, 2.45) is 0 Å². The summed E-state index contributed by atoms with van der Waals surface area (Å²) in [6.45, 7) is 9.08. The zero-order chi connectivity index (χ0) is 28.9. The van der Waals surface area contributed by atoms with Crippen LogP contribution in [0.4, 0.5) is 0 Å². The molecule has 0 saturated carbocycles. The standard InChI is InChI=1S/C34H30N8/c1-33(2,25-9-13-27(14-10-25)41-21-39-31-29(41)17-35-19-37-31)23-5-7-24(8-6-23)34(3,4)26-11-15-28(16-12-26)42-22-40-32-30(42)18-36-20-38-32/h5-22H,1-4H3. The molecule has 42 heavy (non-hydrogen) atoms. The van der Waals surface area contributed by atoms with Crippen LogP contribution in [0, 0.1) is 0 Å². The molecule has 0 unspecified atom stereocenters. The van der Waals surface area contributed by atoms with Crippen LogP contribution in [0.5, 0.6) is 0 Å². The van der Waals surface area contributed by atoms with Crippen molar-refractivity contribution in [1.29, 1.82) is 0 Å². The van der Waals surface area contributed by atoms with Gasteiger partial charge in [-0.1, -0.05) is 76.2 Å². The van der Waals surface area contributed by atoms with E-state index in [1.165, 1.54) is 34.9 Å². The Bertz CT molecular complexity index is 1870. The molecule has 7 aromatic rings. The van der Waals surface area contributed by atoms with E-state index in [4.69, 9.17) is 0 Å². The van der Waals surface area contributed by atoms with Crippen molar-refractivity contribution in [3.05, 3.63) is 133 Å². The fourth-order valence-corrected chi connectivity index (χ4v) is 5.65. The van der Waals surface area contributed by atoms with Crippen molar-refractivity contribution in [2.75, 3.05) is 0 Å². The Hall–Kier alpha value is -5.24. The summed E-state index contributed by atoms with van der Waals surface area (Å²) in [7, 11) is 0.